The van der Waals surface area contributed by atoms with Crippen LogP contribution in [-0.2, 0) is 16.2 Å². The lowest BCUT2D eigenvalue weighted by molar-refractivity contribution is -0.143. The van der Waals surface area contributed by atoms with Crippen LogP contribution in [0.25, 0.3) is 0 Å². The molecule has 0 radical (unpaired) electrons. The van der Waals surface area contributed by atoms with Crippen LogP contribution in [0.15, 0.2) is 30.3 Å². The summed E-state index contributed by atoms with van der Waals surface area (Å²) in [6.07, 6.45) is 0. The lowest BCUT2D eigenvalue weighted by Crippen LogP contribution is -2.41. The standard InChI is InChI=1S/C12H18N2O2/c1-12(2,9-13)11(15)14-16-8-10-6-4-3-5-7-10/h3-7H,8-9,13H2,1-2H3,(H,14,15). The van der Waals surface area contributed by atoms with E-state index in [0.717, 1.165) is 5.56 Å². The number of hydrogen-bond donors (Lipinski definition) is 2. The van der Waals surface area contributed by atoms with E-state index in [9.17, 15) is 4.79 Å². The van der Waals surface area contributed by atoms with E-state index in [1.54, 1.807) is 13.8 Å². The highest BCUT2D eigenvalue weighted by atomic mass is 16.6. The zero-order chi connectivity index (χ0) is 12.0. The maximum atomic E-state index is 11.6. The number of hydroxylamine groups is 1. The molecule has 1 aromatic carbocycles. The molecule has 0 aromatic heterocycles. The van der Waals surface area contributed by atoms with Gasteiger partial charge in [0.2, 0.25) is 5.91 Å². The molecule has 1 rings (SSSR count). The summed E-state index contributed by atoms with van der Waals surface area (Å²) in [5.41, 5.74) is 8.28. The first-order chi connectivity index (χ1) is 7.56. The molecule has 0 heterocycles. The van der Waals surface area contributed by atoms with Gasteiger partial charge < -0.3 is 5.73 Å². The number of nitrogens with two attached hydrogens (primary N) is 1. The summed E-state index contributed by atoms with van der Waals surface area (Å²) in [6.45, 7) is 4.18. The number of carbonyl (C=O) groups excluding carboxylic acids is 1. The first kappa shape index (κ1) is 12.7. The lowest BCUT2D eigenvalue weighted by atomic mass is 9.93. The molecule has 0 aliphatic carbocycles. The molecule has 0 fully saturated rings. The van der Waals surface area contributed by atoms with Crippen molar-refractivity contribution in [3.63, 3.8) is 0 Å². The topological polar surface area (TPSA) is 64.4 Å². The number of amides is 1. The number of hydrogen-bond acceptors (Lipinski definition) is 3. The Morgan fingerprint density at radius 1 is 1.38 bits per heavy atom. The predicted octanol–water partition coefficient (Wildman–Crippen LogP) is 1.22. The van der Waals surface area contributed by atoms with Crippen molar-refractivity contribution in [2.75, 3.05) is 6.54 Å². The van der Waals surface area contributed by atoms with Crippen molar-refractivity contribution in [2.45, 2.75) is 20.5 Å². The van der Waals surface area contributed by atoms with Crippen LogP contribution in [0.5, 0.6) is 0 Å². The van der Waals surface area contributed by atoms with Crippen molar-refractivity contribution in [1.82, 2.24) is 5.48 Å². The summed E-state index contributed by atoms with van der Waals surface area (Å²) < 4.78 is 0. The third-order valence-electron chi connectivity index (χ3n) is 2.37. The van der Waals surface area contributed by atoms with Crippen LogP contribution in [-0.4, -0.2) is 12.5 Å². The molecule has 0 saturated heterocycles. The molecular weight excluding hydrogens is 204 g/mol. The van der Waals surface area contributed by atoms with E-state index in [-0.39, 0.29) is 12.5 Å². The summed E-state index contributed by atoms with van der Waals surface area (Å²) >= 11 is 0. The van der Waals surface area contributed by atoms with Gasteiger partial charge in [0.15, 0.2) is 0 Å². The van der Waals surface area contributed by atoms with Gasteiger partial charge in [-0.1, -0.05) is 30.3 Å². The minimum atomic E-state index is -0.601. The van der Waals surface area contributed by atoms with E-state index in [2.05, 4.69) is 5.48 Å². The number of nitrogens with one attached hydrogen (secondary N) is 1. The van der Waals surface area contributed by atoms with Crippen LogP contribution in [0.4, 0.5) is 0 Å². The first-order valence-electron chi connectivity index (χ1n) is 5.22. The van der Waals surface area contributed by atoms with Crippen molar-refractivity contribution in [2.24, 2.45) is 11.1 Å². The highest BCUT2D eigenvalue weighted by Gasteiger charge is 2.25. The number of carbonyl (C=O) groups is 1. The molecule has 0 saturated carbocycles. The Labute approximate surface area is 95.7 Å². The highest BCUT2D eigenvalue weighted by molar-refractivity contribution is 5.81. The SMILES string of the molecule is CC(C)(CN)C(=O)NOCc1ccccc1. The summed E-state index contributed by atoms with van der Waals surface area (Å²) in [5, 5.41) is 0. The molecule has 0 unspecified atom stereocenters. The normalized spacial score (nSPS) is 11.2. The van der Waals surface area contributed by atoms with Gasteiger partial charge in [0.05, 0.1) is 12.0 Å². The fourth-order valence-electron chi connectivity index (χ4n) is 0.990. The van der Waals surface area contributed by atoms with Gasteiger partial charge in [-0.25, -0.2) is 5.48 Å². The van der Waals surface area contributed by atoms with Crippen molar-refractivity contribution in [3.05, 3.63) is 35.9 Å². The molecule has 3 N–H and O–H groups in total. The van der Waals surface area contributed by atoms with Crippen molar-refractivity contribution in [3.8, 4) is 0 Å². The quantitative estimate of drug-likeness (QED) is 0.736. The third kappa shape index (κ3) is 3.64. The van der Waals surface area contributed by atoms with E-state index in [1.807, 2.05) is 30.3 Å². The monoisotopic (exact) mass is 222 g/mol. The van der Waals surface area contributed by atoms with Gasteiger partial charge in [-0.05, 0) is 19.4 Å². The Balaban J connectivity index is 2.34. The van der Waals surface area contributed by atoms with Crippen LogP contribution in [0.1, 0.15) is 19.4 Å². The first-order valence-corrected chi connectivity index (χ1v) is 5.22. The molecule has 0 spiro atoms. The Kier molecular flexibility index (Phi) is 4.46. The van der Waals surface area contributed by atoms with Crippen LogP contribution in [0.3, 0.4) is 0 Å². The van der Waals surface area contributed by atoms with Gasteiger partial charge in [-0.15, -0.1) is 0 Å². The van der Waals surface area contributed by atoms with Crippen molar-refractivity contribution >= 4 is 5.91 Å². The van der Waals surface area contributed by atoms with Crippen LogP contribution < -0.4 is 11.2 Å². The third-order valence-corrected chi connectivity index (χ3v) is 2.37. The maximum absolute atomic E-state index is 11.6. The van der Waals surface area contributed by atoms with Crippen LogP contribution in [0, 0.1) is 5.41 Å². The van der Waals surface area contributed by atoms with Gasteiger partial charge in [0.25, 0.3) is 0 Å². The summed E-state index contributed by atoms with van der Waals surface area (Å²) in [4.78, 5) is 16.7. The molecular formula is C12H18N2O2. The Morgan fingerprint density at radius 3 is 2.56 bits per heavy atom. The number of benzene rings is 1. The maximum Gasteiger partial charge on any atom is 0.250 e. The average molecular weight is 222 g/mol. The predicted molar refractivity (Wildman–Crippen MR) is 62.2 cm³/mol. The molecule has 0 aliphatic rings. The second-order valence-corrected chi connectivity index (χ2v) is 4.29. The second-order valence-electron chi connectivity index (χ2n) is 4.29. The fourth-order valence-corrected chi connectivity index (χ4v) is 0.990. The van der Waals surface area contributed by atoms with E-state index >= 15 is 0 Å². The summed E-state index contributed by atoms with van der Waals surface area (Å²) in [7, 11) is 0. The zero-order valence-corrected chi connectivity index (χ0v) is 9.69. The van der Waals surface area contributed by atoms with Gasteiger partial charge in [0, 0.05) is 6.54 Å². The summed E-state index contributed by atoms with van der Waals surface area (Å²) in [5.74, 6) is -0.203. The second kappa shape index (κ2) is 5.63. The Hall–Kier alpha value is -1.39. The van der Waals surface area contributed by atoms with E-state index in [4.69, 9.17) is 10.6 Å². The fraction of sp³-hybridized carbons (Fsp3) is 0.417. The Bertz CT molecular complexity index is 336. The van der Waals surface area contributed by atoms with Gasteiger partial charge >= 0.3 is 0 Å². The van der Waals surface area contributed by atoms with Crippen LogP contribution >= 0.6 is 0 Å². The summed E-state index contributed by atoms with van der Waals surface area (Å²) in [6, 6.07) is 9.63. The van der Waals surface area contributed by atoms with Crippen molar-refractivity contribution in [1.29, 1.82) is 0 Å². The van der Waals surface area contributed by atoms with Crippen molar-refractivity contribution < 1.29 is 9.63 Å². The Morgan fingerprint density at radius 2 is 2.00 bits per heavy atom. The molecule has 4 heteroatoms. The van der Waals surface area contributed by atoms with E-state index < -0.39 is 5.41 Å². The smallest absolute Gasteiger partial charge is 0.250 e. The largest absolute Gasteiger partial charge is 0.329 e. The molecule has 0 aliphatic heterocycles. The minimum Gasteiger partial charge on any atom is -0.329 e. The number of rotatable bonds is 5. The van der Waals surface area contributed by atoms with Gasteiger partial charge in [0.1, 0.15) is 0 Å². The lowest BCUT2D eigenvalue weighted by Gasteiger charge is -2.20. The van der Waals surface area contributed by atoms with E-state index in [0.29, 0.717) is 6.61 Å². The molecule has 1 aromatic rings. The highest BCUT2D eigenvalue weighted by Crippen LogP contribution is 2.12. The van der Waals surface area contributed by atoms with E-state index in [1.165, 1.54) is 0 Å². The molecule has 0 bridgehead atoms. The van der Waals surface area contributed by atoms with Gasteiger partial charge in [-0.2, -0.15) is 0 Å². The molecule has 4 nitrogen and oxygen atoms in total. The average Bonchev–Trinajstić information content (AvgIpc) is 2.30. The zero-order valence-electron chi connectivity index (χ0n) is 9.69. The molecule has 16 heavy (non-hydrogen) atoms. The van der Waals surface area contributed by atoms with Crippen LogP contribution in [0.2, 0.25) is 0 Å². The van der Waals surface area contributed by atoms with Gasteiger partial charge in [-0.3, -0.25) is 9.63 Å². The molecule has 1 amide bonds. The molecule has 88 valence electrons. The minimum absolute atomic E-state index is 0.203. The molecule has 0 atom stereocenters.